The van der Waals surface area contributed by atoms with Gasteiger partial charge < -0.3 is 14.8 Å². The van der Waals surface area contributed by atoms with E-state index in [1.165, 1.54) is 0 Å². The van der Waals surface area contributed by atoms with Crippen molar-refractivity contribution in [2.75, 3.05) is 25.0 Å². The van der Waals surface area contributed by atoms with Gasteiger partial charge in [-0.05, 0) is 36.6 Å². The van der Waals surface area contributed by atoms with Crippen LogP contribution in [0.5, 0.6) is 0 Å². The summed E-state index contributed by atoms with van der Waals surface area (Å²) in [5, 5.41) is 1.11. The Kier molecular flexibility index (Phi) is 4.32. The van der Waals surface area contributed by atoms with Gasteiger partial charge in [0.05, 0.1) is 0 Å². The van der Waals surface area contributed by atoms with Crippen LogP contribution in [0, 0.1) is 5.92 Å². The molecule has 4 heterocycles. The molecule has 1 aliphatic rings. The Hall–Kier alpha value is -2.89. The molecule has 4 rings (SSSR count). The topological polar surface area (TPSA) is 65.1 Å². The number of aromatic amines is 1. The van der Waals surface area contributed by atoms with Gasteiger partial charge in [0.1, 0.15) is 5.65 Å². The standard InChI is InChI=1S/C20H23N5O/c1-14-7-12-25(20(26)15-3-8-21-9-4-15)13-18(14)24(2)17-6-11-23-19-16(17)5-10-22-19/h3-6,8-11,14,18H,7,12-13H2,1-2H3,(H,22,23)/t14-,18+/m1/s1. The molecule has 0 saturated carbocycles. The first kappa shape index (κ1) is 16.6. The van der Waals surface area contributed by atoms with E-state index >= 15 is 0 Å². The highest BCUT2D eigenvalue weighted by Gasteiger charge is 2.32. The number of hydrogen-bond donors (Lipinski definition) is 1. The Morgan fingerprint density at radius 3 is 2.85 bits per heavy atom. The zero-order valence-corrected chi connectivity index (χ0v) is 15.1. The predicted molar refractivity (Wildman–Crippen MR) is 102 cm³/mol. The minimum absolute atomic E-state index is 0.0826. The molecular weight excluding hydrogens is 326 g/mol. The van der Waals surface area contributed by atoms with Crippen molar-refractivity contribution in [3.8, 4) is 0 Å². The van der Waals surface area contributed by atoms with Gasteiger partial charge >= 0.3 is 0 Å². The van der Waals surface area contributed by atoms with E-state index in [0.29, 0.717) is 18.0 Å². The quantitative estimate of drug-likeness (QED) is 0.789. The molecule has 1 amide bonds. The minimum Gasteiger partial charge on any atom is -0.369 e. The van der Waals surface area contributed by atoms with E-state index in [9.17, 15) is 4.79 Å². The number of fused-ring (bicyclic) bond motifs is 1. The molecule has 6 nitrogen and oxygen atoms in total. The van der Waals surface area contributed by atoms with Gasteiger partial charge in [0.15, 0.2) is 0 Å². The highest BCUT2D eigenvalue weighted by molar-refractivity contribution is 5.94. The van der Waals surface area contributed by atoms with Crippen molar-refractivity contribution in [2.24, 2.45) is 5.92 Å². The maximum absolute atomic E-state index is 12.8. The number of rotatable bonds is 3. The number of carbonyl (C=O) groups excluding carboxylic acids is 1. The molecule has 0 spiro atoms. The van der Waals surface area contributed by atoms with Crippen LogP contribution >= 0.6 is 0 Å². The van der Waals surface area contributed by atoms with Crippen LogP contribution < -0.4 is 4.90 Å². The van der Waals surface area contributed by atoms with E-state index < -0.39 is 0 Å². The number of likely N-dealkylation sites (tertiary alicyclic amines) is 1. The summed E-state index contributed by atoms with van der Waals surface area (Å²) >= 11 is 0. The molecule has 1 aliphatic heterocycles. The van der Waals surface area contributed by atoms with Crippen molar-refractivity contribution in [3.05, 3.63) is 54.6 Å². The summed E-state index contributed by atoms with van der Waals surface area (Å²) in [6, 6.07) is 7.93. The van der Waals surface area contributed by atoms with E-state index in [0.717, 1.165) is 29.7 Å². The molecule has 0 radical (unpaired) electrons. The average Bonchev–Trinajstić information content (AvgIpc) is 3.17. The Labute approximate surface area is 152 Å². The average molecular weight is 349 g/mol. The molecule has 1 saturated heterocycles. The molecule has 6 heteroatoms. The number of carbonyl (C=O) groups is 1. The van der Waals surface area contributed by atoms with E-state index in [2.05, 4.69) is 39.9 Å². The number of nitrogens with zero attached hydrogens (tertiary/aromatic N) is 4. The fourth-order valence-electron chi connectivity index (χ4n) is 3.85. The first-order valence-corrected chi connectivity index (χ1v) is 8.99. The zero-order chi connectivity index (χ0) is 18.1. The third-order valence-corrected chi connectivity index (χ3v) is 5.45. The van der Waals surface area contributed by atoms with Crippen molar-refractivity contribution in [1.29, 1.82) is 0 Å². The summed E-state index contributed by atoms with van der Waals surface area (Å²) in [7, 11) is 2.11. The van der Waals surface area contributed by atoms with Crippen molar-refractivity contribution in [1.82, 2.24) is 19.9 Å². The second-order valence-corrected chi connectivity index (χ2v) is 7.00. The Balaban J connectivity index is 1.59. The minimum atomic E-state index is 0.0826. The summed E-state index contributed by atoms with van der Waals surface area (Å²) < 4.78 is 0. The lowest BCUT2D eigenvalue weighted by Gasteiger charge is -2.42. The van der Waals surface area contributed by atoms with Crippen molar-refractivity contribution in [2.45, 2.75) is 19.4 Å². The summed E-state index contributed by atoms with van der Waals surface area (Å²) in [6.07, 6.45) is 8.08. The second kappa shape index (κ2) is 6.78. The Morgan fingerprint density at radius 1 is 1.23 bits per heavy atom. The number of nitrogens with one attached hydrogen (secondary N) is 1. The SMILES string of the molecule is C[C@@H]1CCN(C(=O)c2ccncc2)C[C@@H]1N(C)c1ccnc2[nH]ccc12. The summed E-state index contributed by atoms with van der Waals surface area (Å²) in [5.41, 5.74) is 2.74. The van der Waals surface area contributed by atoms with E-state index in [1.807, 2.05) is 23.4 Å². The molecule has 1 fully saturated rings. The fraction of sp³-hybridized carbons (Fsp3) is 0.350. The lowest BCUT2D eigenvalue weighted by Crippen LogP contribution is -2.52. The van der Waals surface area contributed by atoms with Crippen LogP contribution in [0.25, 0.3) is 11.0 Å². The number of aromatic nitrogens is 3. The van der Waals surface area contributed by atoms with Crippen molar-refractivity contribution in [3.63, 3.8) is 0 Å². The Bertz CT molecular complexity index is 907. The molecular formula is C20H23N5O. The number of anilines is 1. The number of amides is 1. The first-order valence-electron chi connectivity index (χ1n) is 8.99. The highest BCUT2D eigenvalue weighted by atomic mass is 16.2. The summed E-state index contributed by atoms with van der Waals surface area (Å²) in [6.45, 7) is 3.78. The molecule has 0 bridgehead atoms. The van der Waals surface area contributed by atoms with E-state index in [4.69, 9.17) is 0 Å². The van der Waals surface area contributed by atoms with Gasteiger partial charge in [-0.1, -0.05) is 6.92 Å². The van der Waals surface area contributed by atoms with Gasteiger partial charge in [-0.15, -0.1) is 0 Å². The molecule has 3 aromatic heterocycles. The number of piperidine rings is 1. The number of hydrogen-bond acceptors (Lipinski definition) is 4. The maximum Gasteiger partial charge on any atom is 0.254 e. The van der Waals surface area contributed by atoms with Crippen LogP contribution in [-0.2, 0) is 0 Å². The molecule has 26 heavy (non-hydrogen) atoms. The Morgan fingerprint density at radius 2 is 2.04 bits per heavy atom. The van der Waals surface area contributed by atoms with Crippen molar-refractivity contribution < 1.29 is 4.79 Å². The fourth-order valence-corrected chi connectivity index (χ4v) is 3.85. The lowest BCUT2D eigenvalue weighted by molar-refractivity contribution is 0.0670. The molecule has 134 valence electrons. The van der Waals surface area contributed by atoms with E-state index in [-0.39, 0.29) is 11.9 Å². The van der Waals surface area contributed by atoms with Gasteiger partial charge in [0.2, 0.25) is 0 Å². The molecule has 2 atom stereocenters. The third kappa shape index (κ3) is 2.92. The van der Waals surface area contributed by atoms with Gasteiger partial charge in [-0.25, -0.2) is 4.98 Å². The molecule has 1 N–H and O–H groups in total. The zero-order valence-electron chi connectivity index (χ0n) is 15.1. The molecule has 0 unspecified atom stereocenters. The third-order valence-electron chi connectivity index (χ3n) is 5.45. The largest absolute Gasteiger partial charge is 0.369 e. The molecule has 0 aromatic carbocycles. The van der Waals surface area contributed by atoms with Gasteiger partial charge in [0, 0.05) is 67.6 Å². The van der Waals surface area contributed by atoms with Crippen LogP contribution in [0.15, 0.2) is 49.1 Å². The maximum atomic E-state index is 12.8. The normalized spacial score (nSPS) is 20.3. The van der Waals surface area contributed by atoms with Crippen LogP contribution in [0.4, 0.5) is 5.69 Å². The highest BCUT2D eigenvalue weighted by Crippen LogP contribution is 2.30. The van der Waals surface area contributed by atoms with Gasteiger partial charge in [-0.3, -0.25) is 9.78 Å². The van der Waals surface area contributed by atoms with Crippen LogP contribution in [0.1, 0.15) is 23.7 Å². The number of H-pyrrole nitrogens is 1. The predicted octanol–water partition coefficient (Wildman–Crippen LogP) is 2.94. The molecule has 3 aromatic rings. The number of pyridine rings is 2. The lowest BCUT2D eigenvalue weighted by atomic mass is 9.91. The second-order valence-electron chi connectivity index (χ2n) is 7.00. The van der Waals surface area contributed by atoms with Crippen LogP contribution in [0.3, 0.4) is 0 Å². The summed E-state index contributed by atoms with van der Waals surface area (Å²) in [4.78, 5) is 28.7. The van der Waals surface area contributed by atoms with Gasteiger partial charge in [0.25, 0.3) is 5.91 Å². The van der Waals surface area contributed by atoms with Crippen molar-refractivity contribution >= 4 is 22.6 Å². The molecule has 0 aliphatic carbocycles. The smallest absolute Gasteiger partial charge is 0.254 e. The van der Waals surface area contributed by atoms with Crippen LogP contribution in [0.2, 0.25) is 0 Å². The summed E-state index contributed by atoms with van der Waals surface area (Å²) in [5.74, 6) is 0.586. The number of likely N-dealkylation sites (N-methyl/N-ethyl adjacent to an activating group) is 1. The van der Waals surface area contributed by atoms with E-state index in [1.54, 1.807) is 24.5 Å². The monoisotopic (exact) mass is 349 g/mol. The van der Waals surface area contributed by atoms with Crippen LogP contribution in [-0.4, -0.2) is 51.9 Å². The van der Waals surface area contributed by atoms with Gasteiger partial charge in [-0.2, -0.15) is 0 Å². The first-order chi connectivity index (χ1) is 12.6.